The van der Waals surface area contributed by atoms with Crippen molar-refractivity contribution in [2.24, 2.45) is 11.3 Å². The van der Waals surface area contributed by atoms with Gasteiger partial charge in [0, 0.05) is 6.42 Å². The number of carbonyl (C=O) groups excluding carboxylic acids is 2. The second-order valence-corrected chi connectivity index (χ2v) is 6.08. The highest BCUT2D eigenvalue weighted by atomic mass is 16.5. The van der Waals surface area contributed by atoms with E-state index in [0.29, 0.717) is 18.9 Å². The number of carbonyl (C=O) groups is 2. The van der Waals surface area contributed by atoms with Crippen molar-refractivity contribution in [1.82, 2.24) is 0 Å². The third-order valence-corrected chi connectivity index (χ3v) is 3.29. The zero-order valence-corrected chi connectivity index (χ0v) is 11.8. The van der Waals surface area contributed by atoms with Crippen molar-refractivity contribution >= 4 is 12.3 Å². The van der Waals surface area contributed by atoms with Gasteiger partial charge in [0.15, 0.2) is 0 Å². The fourth-order valence-electron chi connectivity index (χ4n) is 1.98. The quantitative estimate of drug-likeness (QED) is 0.572. The minimum Gasteiger partial charge on any atom is -0.465 e. The fraction of sp³-hybridized carbons (Fsp3) is 0.857. The van der Waals surface area contributed by atoms with Crippen LogP contribution in [0.1, 0.15) is 47.0 Å². The molecule has 0 unspecified atom stereocenters. The molecule has 1 aliphatic heterocycles. The van der Waals surface area contributed by atoms with Gasteiger partial charge in [-0.1, -0.05) is 6.92 Å². The Bertz CT molecular complexity index is 293. The molecule has 1 rings (SSSR count). The molecule has 1 fully saturated rings. The molecule has 0 aromatic rings. The highest BCUT2D eigenvalue weighted by Gasteiger charge is 2.29. The van der Waals surface area contributed by atoms with E-state index in [9.17, 15) is 9.59 Å². The van der Waals surface area contributed by atoms with Crippen molar-refractivity contribution in [3.8, 4) is 0 Å². The summed E-state index contributed by atoms with van der Waals surface area (Å²) in [7, 11) is 0. The first-order valence-corrected chi connectivity index (χ1v) is 6.62. The van der Waals surface area contributed by atoms with Gasteiger partial charge in [0.25, 0.3) is 0 Å². The van der Waals surface area contributed by atoms with Crippen LogP contribution >= 0.6 is 0 Å². The molecule has 4 nitrogen and oxygen atoms in total. The van der Waals surface area contributed by atoms with Crippen molar-refractivity contribution in [3.05, 3.63) is 0 Å². The Balaban J connectivity index is 2.33. The van der Waals surface area contributed by atoms with Crippen molar-refractivity contribution in [3.63, 3.8) is 0 Å². The summed E-state index contributed by atoms with van der Waals surface area (Å²) >= 11 is 0. The van der Waals surface area contributed by atoms with Crippen LogP contribution in [-0.4, -0.2) is 31.1 Å². The molecule has 0 radical (unpaired) electrons. The molecule has 18 heavy (non-hydrogen) atoms. The van der Waals surface area contributed by atoms with Crippen LogP contribution in [0.5, 0.6) is 0 Å². The van der Waals surface area contributed by atoms with E-state index < -0.39 is 5.41 Å². The smallest absolute Gasteiger partial charge is 0.311 e. The van der Waals surface area contributed by atoms with Gasteiger partial charge in [0.1, 0.15) is 12.4 Å². The number of hydrogen-bond acceptors (Lipinski definition) is 4. The molecule has 1 saturated heterocycles. The Labute approximate surface area is 109 Å². The Morgan fingerprint density at radius 3 is 2.61 bits per heavy atom. The molecule has 0 aromatic heterocycles. The molecule has 0 amide bonds. The molecular weight excluding hydrogens is 232 g/mol. The Hall–Kier alpha value is -0.900. The predicted octanol–water partition coefficient (Wildman–Crippen LogP) is 2.35. The van der Waals surface area contributed by atoms with Crippen LogP contribution in [-0.2, 0) is 19.1 Å². The highest BCUT2D eigenvalue weighted by Crippen LogP contribution is 2.26. The summed E-state index contributed by atoms with van der Waals surface area (Å²) in [6, 6.07) is 0. The van der Waals surface area contributed by atoms with E-state index in [0.717, 1.165) is 19.1 Å². The van der Waals surface area contributed by atoms with E-state index in [-0.39, 0.29) is 18.2 Å². The lowest BCUT2D eigenvalue weighted by Gasteiger charge is -2.32. The van der Waals surface area contributed by atoms with Crippen molar-refractivity contribution < 1.29 is 19.1 Å². The van der Waals surface area contributed by atoms with Gasteiger partial charge in [0.05, 0.1) is 18.1 Å². The standard InChI is InChI=1S/C14H24O4/c1-10-5-6-11(9-15)18-12(10)7-8-17-13(16)14(2,3)4/h9-12H,5-8H2,1-4H3/t10-,11+,12+/m1/s1. The van der Waals surface area contributed by atoms with E-state index >= 15 is 0 Å². The highest BCUT2D eigenvalue weighted by molar-refractivity contribution is 5.75. The summed E-state index contributed by atoms with van der Waals surface area (Å²) < 4.78 is 10.9. The molecule has 0 saturated carbocycles. The molecular formula is C14H24O4. The Morgan fingerprint density at radius 2 is 2.06 bits per heavy atom. The largest absolute Gasteiger partial charge is 0.465 e. The molecule has 0 N–H and O–H groups in total. The van der Waals surface area contributed by atoms with E-state index in [2.05, 4.69) is 6.92 Å². The maximum absolute atomic E-state index is 11.6. The molecule has 0 aromatic carbocycles. The Kier molecular flexibility index (Phi) is 5.32. The van der Waals surface area contributed by atoms with Gasteiger partial charge in [0.2, 0.25) is 0 Å². The normalized spacial score (nSPS) is 28.8. The molecule has 1 heterocycles. The van der Waals surface area contributed by atoms with Crippen LogP contribution in [0.2, 0.25) is 0 Å². The second-order valence-electron chi connectivity index (χ2n) is 6.08. The average Bonchev–Trinajstić information content (AvgIpc) is 2.30. The lowest BCUT2D eigenvalue weighted by Crippen LogP contribution is -2.36. The minimum atomic E-state index is -0.468. The van der Waals surface area contributed by atoms with Crippen molar-refractivity contribution in [1.29, 1.82) is 0 Å². The summed E-state index contributed by atoms with van der Waals surface area (Å²) in [5.74, 6) is 0.215. The molecule has 0 bridgehead atoms. The minimum absolute atomic E-state index is 0.0155. The van der Waals surface area contributed by atoms with Gasteiger partial charge in [-0.3, -0.25) is 4.79 Å². The first-order chi connectivity index (χ1) is 8.34. The molecule has 4 heteroatoms. The maximum atomic E-state index is 11.6. The van der Waals surface area contributed by atoms with Gasteiger partial charge in [-0.05, 0) is 39.5 Å². The predicted molar refractivity (Wildman–Crippen MR) is 68.2 cm³/mol. The first kappa shape index (κ1) is 15.2. The third-order valence-electron chi connectivity index (χ3n) is 3.29. The Morgan fingerprint density at radius 1 is 1.39 bits per heavy atom. The van der Waals surface area contributed by atoms with Crippen molar-refractivity contribution in [2.75, 3.05) is 6.61 Å². The summed E-state index contributed by atoms with van der Waals surface area (Å²) in [5, 5.41) is 0. The molecule has 104 valence electrons. The molecule has 3 atom stereocenters. The lowest BCUT2D eigenvalue weighted by molar-refractivity contribution is -0.156. The fourth-order valence-corrected chi connectivity index (χ4v) is 1.98. The van der Waals surface area contributed by atoms with E-state index in [1.807, 2.05) is 20.8 Å². The van der Waals surface area contributed by atoms with Crippen molar-refractivity contribution in [2.45, 2.75) is 59.2 Å². The maximum Gasteiger partial charge on any atom is 0.311 e. The summed E-state index contributed by atoms with van der Waals surface area (Å²) in [5.41, 5.74) is -0.468. The summed E-state index contributed by atoms with van der Waals surface area (Å²) in [6.45, 7) is 7.96. The van der Waals surface area contributed by atoms with Gasteiger partial charge in [-0.15, -0.1) is 0 Å². The number of rotatable bonds is 4. The van der Waals surface area contributed by atoms with Crippen LogP contribution in [0.25, 0.3) is 0 Å². The molecule has 0 spiro atoms. The van der Waals surface area contributed by atoms with E-state index in [1.165, 1.54) is 0 Å². The number of hydrogen-bond donors (Lipinski definition) is 0. The first-order valence-electron chi connectivity index (χ1n) is 6.62. The van der Waals surface area contributed by atoms with Crippen LogP contribution in [0.4, 0.5) is 0 Å². The summed E-state index contributed by atoms with van der Waals surface area (Å²) in [6.07, 6.45) is 3.03. The van der Waals surface area contributed by atoms with Gasteiger partial charge in [-0.25, -0.2) is 0 Å². The van der Waals surface area contributed by atoms with Gasteiger partial charge in [-0.2, -0.15) is 0 Å². The average molecular weight is 256 g/mol. The molecule has 1 aliphatic rings. The lowest BCUT2D eigenvalue weighted by atomic mass is 9.92. The number of ether oxygens (including phenoxy) is 2. The van der Waals surface area contributed by atoms with Gasteiger partial charge >= 0.3 is 5.97 Å². The van der Waals surface area contributed by atoms with E-state index in [4.69, 9.17) is 9.47 Å². The zero-order chi connectivity index (χ0) is 13.8. The third kappa shape index (κ3) is 4.41. The van der Waals surface area contributed by atoms with Crippen LogP contribution in [0, 0.1) is 11.3 Å². The number of esters is 1. The van der Waals surface area contributed by atoms with Crippen LogP contribution in [0.3, 0.4) is 0 Å². The zero-order valence-electron chi connectivity index (χ0n) is 11.8. The topological polar surface area (TPSA) is 52.6 Å². The van der Waals surface area contributed by atoms with E-state index in [1.54, 1.807) is 0 Å². The molecule has 0 aliphatic carbocycles. The summed E-state index contributed by atoms with van der Waals surface area (Å²) in [4.78, 5) is 22.3. The van der Waals surface area contributed by atoms with Crippen LogP contribution in [0.15, 0.2) is 0 Å². The SMILES string of the molecule is C[C@@H]1CC[C@@H](C=O)O[C@H]1CCOC(=O)C(C)(C)C. The monoisotopic (exact) mass is 256 g/mol. The number of aldehydes is 1. The second kappa shape index (κ2) is 6.32. The van der Waals surface area contributed by atoms with Gasteiger partial charge < -0.3 is 14.3 Å². The van der Waals surface area contributed by atoms with Crippen LogP contribution < -0.4 is 0 Å².